The number of nitrogens with zero attached hydrogens (tertiary/aromatic N) is 5. The summed E-state index contributed by atoms with van der Waals surface area (Å²) in [5, 5.41) is 16.2. The Balaban J connectivity index is 1.66. The minimum Gasteiger partial charge on any atom is -0.381 e. The second-order valence-corrected chi connectivity index (χ2v) is 6.42. The second kappa shape index (κ2) is 7.05. The van der Waals surface area contributed by atoms with Crippen LogP contribution in [0.5, 0.6) is 0 Å². The zero-order valence-electron chi connectivity index (χ0n) is 13.6. The molecule has 1 N–H and O–H groups in total. The van der Waals surface area contributed by atoms with E-state index in [-0.39, 0.29) is 0 Å². The van der Waals surface area contributed by atoms with Gasteiger partial charge >= 0.3 is 0 Å². The molecule has 2 aromatic rings. The molecule has 1 fully saturated rings. The van der Waals surface area contributed by atoms with E-state index in [1.165, 1.54) is 38.8 Å². The van der Waals surface area contributed by atoms with Crippen molar-refractivity contribution in [1.82, 2.24) is 24.7 Å². The highest BCUT2D eigenvalue weighted by Gasteiger charge is 2.12. The molecule has 2 aromatic heterocycles. The number of fused-ring (bicyclic) bond motifs is 1. The van der Waals surface area contributed by atoms with Crippen molar-refractivity contribution >= 4 is 11.3 Å². The Bertz CT molecular complexity index is 598. The number of likely N-dealkylation sites (tertiary alicyclic amines) is 1. The molecule has 0 spiro atoms. The first-order chi connectivity index (χ1) is 10.7. The molecule has 0 aliphatic carbocycles. The third-order valence-electron chi connectivity index (χ3n) is 4.32. The van der Waals surface area contributed by atoms with E-state index in [4.69, 9.17) is 0 Å². The van der Waals surface area contributed by atoms with Crippen molar-refractivity contribution in [3.05, 3.63) is 18.1 Å². The zero-order valence-corrected chi connectivity index (χ0v) is 13.6. The van der Waals surface area contributed by atoms with Crippen LogP contribution in [-0.4, -0.2) is 50.9 Å². The van der Waals surface area contributed by atoms with Crippen LogP contribution in [0.15, 0.2) is 12.4 Å². The Morgan fingerprint density at radius 2 is 1.95 bits per heavy atom. The first kappa shape index (κ1) is 15.2. The SMILES string of the molecule is CC(C)c1cc(NCCN2CCCCCC2)c2nncn2n1. The Morgan fingerprint density at radius 3 is 2.68 bits per heavy atom. The molecule has 3 rings (SSSR count). The maximum absolute atomic E-state index is 4.55. The van der Waals surface area contributed by atoms with E-state index in [1.54, 1.807) is 10.8 Å². The van der Waals surface area contributed by atoms with Gasteiger partial charge in [-0.25, -0.2) is 0 Å². The van der Waals surface area contributed by atoms with Crippen LogP contribution in [0.3, 0.4) is 0 Å². The van der Waals surface area contributed by atoms with Crippen molar-refractivity contribution in [3.63, 3.8) is 0 Å². The van der Waals surface area contributed by atoms with Gasteiger partial charge in [-0.15, -0.1) is 10.2 Å². The van der Waals surface area contributed by atoms with Gasteiger partial charge in [-0.3, -0.25) is 0 Å². The van der Waals surface area contributed by atoms with Crippen LogP contribution >= 0.6 is 0 Å². The molecule has 1 saturated heterocycles. The normalized spacial score (nSPS) is 17.0. The Labute approximate surface area is 131 Å². The van der Waals surface area contributed by atoms with E-state index in [0.717, 1.165) is 30.1 Å². The average molecular weight is 302 g/mol. The van der Waals surface area contributed by atoms with Gasteiger partial charge in [0.25, 0.3) is 0 Å². The first-order valence-corrected chi connectivity index (χ1v) is 8.41. The van der Waals surface area contributed by atoms with E-state index in [9.17, 15) is 0 Å². The Hall–Kier alpha value is -1.69. The minimum atomic E-state index is 0.387. The highest BCUT2D eigenvalue weighted by atomic mass is 15.3. The quantitative estimate of drug-likeness (QED) is 0.920. The Kier molecular flexibility index (Phi) is 4.87. The molecule has 120 valence electrons. The molecule has 6 nitrogen and oxygen atoms in total. The summed E-state index contributed by atoms with van der Waals surface area (Å²) in [6, 6.07) is 2.11. The summed E-state index contributed by atoms with van der Waals surface area (Å²) < 4.78 is 1.77. The van der Waals surface area contributed by atoms with Crippen LogP contribution in [0.1, 0.15) is 51.1 Å². The fourth-order valence-electron chi connectivity index (χ4n) is 2.97. The summed E-state index contributed by atoms with van der Waals surface area (Å²) in [5.74, 6) is 0.387. The van der Waals surface area contributed by atoms with Crippen molar-refractivity contribution in [3.8, 4) is 0 Å². The maximum atomic E-state index is 4.55. The van der Waals surface area contributed by atoms with E-state index in [2.05, 4.69) is 45.4 Å². The predicted molar refractivity (Wildman–Crippen MR) is 88.3 cm³/mol. The van der Waals surface area contributed by atoms with Gasteiger partial charge in [-0.1, -0.05) is 26.7 Å². The molecule has 0 saturated carbocycles. The number of anilines is 1. The van der Waals surface area contributed by atoms with Crippen LogP contribution in [0.25, 0.3) is 5.65 Å². The number of rotatable bonds is 5. The van der Waals surface area contributed by atoms with Crippen molar-refractivity contribution in [2.75, 3.05) is 31.5 Å². The summed E-state index contributed by atoms with van der Waals surface area (Å²) in [4.78, 5) is 2.56. The van der Waals surface area contributed by atoms with Gasteiger partial charge < -0.3 is 10.2 Å². The lowest BCUT2D eigenvalue weighted by molar-refractivity contribution is 0.296. The van der Waals surface area contributed by atoms with Gasteiger partial charge in [-0.05, 0) is 37.9 Å². The summed E-state index contributed by atoms with van der Waals surface area (Å²) in [6.45, 7) is 8.79. The number of hydrogen-bond acceptors (Lipinski definition) is 5. The average Bonchev–Trinajstić information content (AvgIpc) is 2.83. The van der Waals surface area contributed by atoms with E-state index in [1.807, 2.05) is 0 Å². The molecule has 1 aliphatic heterocycles. The van der Waals surface area contributed by atoms with Crippen LogP contribution in [0.2, 0.25) is 0 Å². The van der Waals surface area contributed by atoms with E-state index < -0.39 is 0 Å². The largest absolute Gasteiger partial charge is 0.381 e. The van der Waals surface area contributed by atoms with Gasteiger partial charge in [0, 0.05) is 13.1 Å². The van der Waals surface area contributed by atoms with Gasteiger partial charge in [0.1, 0.15) is 6.33 Å². The molecular formula is C16H26N6. The first-order valence-electron chi connectivity index (χ1n) is 8.41. The molecule has 3 heterocycles. The van der Waals surface area contributed by atoms with Crippen molar-refractivity contribution in [1.29, 1.82) is 0 Å². The lowest BCUT2D eigenvalue weighted by atomic mass is 10.1. The molecule has 6 heteroatoms. The summed E-state index contributed by atoms with van der Waals surface area (Å²) in [6.07, 6.45) is 7.10. The van der Waals surface area contributed by atoms with Crippen molar-refractivity contribution < 1.29 is 0 Å². The van der Waals surface area contributed by atoms with Gasteiger partial charge in [0.2, 0.25) is 5.65 Å². The molecule has 0 bridgehead atoms. The molecule has 0 aromatic carbocycles. The highest BCUT2D eigenvalue weighted by Crippen LogP contribution is 2.20. The maximum Gasteiger partial charge on any atom is 0.200 e. The minimum absolute atomic E-state index is 0.387. The summed E-state index contributed by atoms with van der Waals surface area (Å²) in [7, 11) is 0. The van der Waals surface area contributed by atoms with Crippen LogP contribution < -0.4 is 5.32 Å². The van der Waals surface area contributed by atoms with Crippen LogP contribution in [0.4, 0.5) is 5.69 Å². The summed E-state index contributed by atoms with van der Waals surface area (Å²) in [5.41, 5.74) is 2.90. The van der Waals surface area contributed by atoms with Gasteiger partial charge in [0.05, 0.1) is 11.4 Å². The number of nitrogens with one attached hydrogen (secondary N) is 1. The monoisotopic (exact) mass is 302 g/mol. The van der Waals surface area contributed by atoms with Gasteiger partial charge in [0.15, 0.2) is 0 Å². The number of aromatic nitrogens is 4. The van der Waals surface area contributed by atoms with E-state index >= 15 is 0 Å². The molecule has 1 aliphatic rings. The molecule has 22 heavy (non-hydrogen) atoms. The predicted octanol–water partition coefficient (Wildman–Crippen LogP) is 2.54. The standard InChI is InChI=1S/C16H26N6/c1-13(2)14-11-15(16-19-18-12-22(16)20-14)17-7-10-21-8-5-3-4-6-9-21/h11-13,17H,3-10H2,1-2H3. The highest BCUT2D eigenvalue weighted by molar-refractivity contribution is 5.66. The lowest BCUT2D eigenvalue weighted by Gasteiger charge is -2.20. The molecule has 0 atom stereocenters. The lowest BCUT2D eigenvalue weighted by Crippen LogP contribution is -2.30. The zero-order chi connectivity index (χ0) is 15.4. The smallest absolute Gasteiger partial charge is 0.200 e. The van der Waals surface area contributed by atoms with Crippen LogP contribution in [-0.2, 0) is 0 Å². The fraction of sp³-hybridized carbons (Fsp3) is 0.688. The van der Waals surface area contributed by atoms with Crippen molar-refractivity contribution in [2.45, 2.75) is 45.4 Å². The Morgan fingerprint density at radius 1 is 1.18 bits per heavy atom. The molecule has 0 unspecified atom stereocenters. The van der Waals surface area contributed by atoms with Crippen LogP contribution in [0, 0.1) is 0 Å². The fourth-order valence-corrected chi connectivity index (χ4v) is 2.97. The number of hydrogen-bond donors (Lipinski definition) is 1. The van der Waals surface area contributed by atoms with Crippen molar-refractivity contribution in [2.24, 2.45) is 0 Å². The topological polar surface area (TPSA) is 58.3 Å². The summed E-state index contributed by atoms with van der Waals surface area (Å²) >= 11 is 0. The van der Waals surface area contributed by atoms with Gasteiger partial charge in [-0.2, -0.15) is 9.61 Å². The second-order valence-electron chi connectivity index (χ2n) is 6.42. The molecule has 0 radical (unpaired) electrons. The molecule has 0 amide bonds. The third kappa shape index (κ3) is 3.55. The third-order valence-corrected chi connectivity index (χ3v) is 4.32. The van der Waals surface area contributed by atoms with E-state index in [0.29, 0.717) is 5.92 Å². The molecular weight excluding hydrogens is 276 g/mol.